The fourth-order valence-electron chi connectivity index (χ4n) is 3.50. The molecule has 4 aromatic rings. The van der Waals surface area contributed by atoms with Gasteiger partial charge < -0.3 is 19.6 Å². The van der Waals surface area contributed by atoms with E-state index in [2.05, 4.69) is 15.6 Å². The van der Waals surface area contributed by atoms with Crippen LogP contribution in [0.15, 0.2) is 95.6 Å². The maximum absolute atomic E-state index is 13.1. The molecule has 0 spiro atoms. The lowest BCUT2D eigenvalue weighted by Gasteiger charge is -2.11. The summed E-state index contributed by atoms with van der Waals surface area (Å²) in [6.07, 6.45) is 2.62. The molecule has 2 heterocycles. The molecule has 0 aliphatic heterocycles. The molecule has 0 aliphatic carbocycles. The van der Waals surface area contributed by atoms with Crippen LogP contribution in [0.25, 0.3) is 17.4 Å². The van der Waals surface area contributed by atoms with Crippen molar-refractivity contribution in [3.63, 3.8) is 0 Å². The minimum atomic E-state index is -4.49. The molecule has 7 nitrogen and oxygen atoms in total. The molecule has 4 rings (SSSR count). The molecule has 2 aromatic heterocycles. The number of nitrogens with one attached hydrogen (secondary N) is 2. The third-order valence-electron chi connectivity index (χ3n) is 5.35. The first-order chi connectivity index (χ1) is 17.8. The molecule has 10 heteroatoms. The number of amides is 2. The summed E-state index contributed by atoms with van der Waals surface area (Å²) < 4.78 is 46.8. The van der Waals surface area contributed by atoms with Crippen molar-refractivity contribution in [2.45, 2.75) is 19.1 Å². The standard InChI is InChI=1S/C27H23F3N4O3/c28-27(29,30)21-9-4-8-20(16-21)24-11-10-22(37-24)17-23(33-25(35)19-6-2-1-3-7-19)26(36)32-12-5-14-34-15-13-31-18-34/h1-4,6-11,13,15-18H,5,12,14H2,(H,32,36)(H,33,35). The van der Waals surface area contributed by atoms with Gasteiger partial charge in [0.2, 0.25) is 0 Å². The SMILES string of the molecule is O=C(NCCCn1ccnc1)C(=Cc1ccc(-c2cccc(C(F)(F)F)c2)o1)NC(=O)c1ccccc1. The Labute approximate surface area is 210 Å². The molecular formula is C27H23F3N4O3. The number of hydrogen-bond acceptors (Lipinski definition) is 4. The van der Waals surface area contributed by atoms with Crippen LogP contribution in [0.2, 0.25) is 0 Å². The lowest BCUT2D eigenvalue weighted by Crippen LogP contribution is -2.35. The van der Waals surface area contributed by atoms with Crippen molar-refractivity contribution in [1.29, 1.82) is 0 Å². The van der Waals surface area contributed by atoms with Gasteiger partial charge in [-0.05, 0) is 42.8 Å². The summed E-state index contributed by atoms with van der Waals surface area (Å²) >= 11 is 0. The Hall–Kier alpha value is -4.60. The Morgan fingerprint density at radius 2 is 1.84 bits per heavy atom. The minimum Gasteiger partial charge on any atom is -0.457 e. The Morgan fingerprint density at radius 3 is 2.57 bits per heavy atom. The molecule has 0 aliphatic rings. The van der Waals surface area contributed by atoms with Gasteiger partial charge in [0.1, 0.15) is 17.2 Å². The molecule has 0 bridgehead atoms. The summed E-state index contributed by atoms with van der Waals surface area (Å²) in [7, 11) is 0. The van der Waals surface area contributed by atoms with E-state index in [9.17, 15) is 22.8 Å². The van der Waals surface area contributed by atoms with Gasteiger partial charge in [-0.15, -0.1) is 0 Å². The van der Waals surface area contributed by atoms with Crippen LogP contribution in [-0.4, -0.2) is 27.9 Å². The molecule has 2 N–H and O–H groups in total. The number of furan rings is 1. The van der Waals surface area contributed by atoms with E-state index in [4.69, 9.17) is 4.42 Å². The number of halogens is 3. The Kier molecular flexibility index (Phi) is 7.87. The van der Waals surface area contributed by atoms with Gasteiger partial charge in [0.15, 0.2) is 0 Å². The predicted octanol–water partition coefficient (Wildman–Crippen LogP) is 5.14. The first-order valence-corrected chi connectivity index (χ1v) is 11.4. The third-order valence-corrected chi connectivity index (χ3v) is 5.35. The topological polar surface area (TPSA) is 89.2 Å². The fourth-order valence-corrected chi connectivity index (χ4v) is 3.50. The van der Waals surface area contributed by atoms with E-state index in [1.807, 2.05) is 10.8 Å². The number of rotatable bonds is 9. The molecule has 0 unspecified atom stereocenters. The lowest BCUT2D eigenvalue weighted by molar-refractivity contribution is -0.137. The zero-order valence-electron chi connectivity index (χ0n) is 19.5. The van der Waals surface area contributed by atoms with Crippen LogP contribution in [0.5, 0.6) is 0 Å². The highest BCUT2D eigenvalue weighted by Gasteiger charge is 2.30. The molecule has 0 saturated carbocycles. The van der Waals surface area contributed by atoms with Crippen LogP contribution in [0.4, 0.5) is 13.2 Å². The van der Waals surface area contributed by atoms with E-state index in [0.29, 0.717) is 25.1 Å². The van der Waals surface area contributed by atoms with Crippen LogP contribution >= 0.6 is 0 Å². The maximum Gasteiger partial charge on any atom is 0.416 e. The van der Waals surface area contributed by atoms with Gasteiger partial charge in [0.05, 0.1) is 11.9 Å². The van der Waals surface area contributed by atoms with E-state index in [-0.39, 0.29) is 22.8 Å². The maximum atomic E-state index is 13.1. The van der Waals surface area contributed by atoms with Gasteiger partial charge in [-0.2, -0.15) is 13.2 Å². The van der Waals surface area contributed by atoms with E-state index < -0.39 is 23.6 Å². The number of carbonyl (C=O) groups excluding carboxylic acids is 2. The van der Waals surface area contributed by atoms with E-state index in [1.54, 1.807) is 42.9 Å². The molecule has 0 atom stereocenters. The molecule has 0 fully saturated rings. The van der Waals surface area contributed by atoms with Crippen molar-refractivity contribution in [3.05, 3.63) is 108 Å². The first kappa shape index (κ1) is 25.5. The average Bonchev–Trinajstić information content (AvgIpc) is 3.59. The van der Waals surface area contributed by atoms with Gasteiger partial charge in [-0.3, -0.25) is 9.59 Å². The normalized spacial score (nSPS) is 11.8. The molecule has 37 heavy (non-hydrogen) atoms. The second-order valence-electron chi connectivity index (χ2n) is 8.07. The Balaban J connectivity index is 1.52. The van der Waals surface area contributed by atoms with Gasteiger partial charge in [-0.25, -0.2) is 4.98 Å². The number of carbonyl (C=O) groups is 2. The summed E-state index contributed by atoms with van der Waals surface area (Å²) in [6, 6.07) is 16.1. The van der Waals surface area contributed by atoms with Crippen molar-refractivity contribution < 1.29 is 27.2 Å². The highest BCUT2D eigenvalue weighted by Crippen LogP contribution is 2.32. The van der Waals surface area contributed by atoms with Gasteiger partial charge in [0.25, 0.3) is 11.8 Å². The van der Waals surface area contributed by atoms with Crippen molar-refractivity contribution in [3.8, 4) is 11.3 Å². The lowest BCUT2D eigenvalue weighted by atomic mass is 10.1. The Bertz CT molecular complexity index is 1380. The van der Waals surface area contributed by atoms with Crippen LogP contribution in [0.1, 0.15) is 28.1 Å². The zero-order chi connectivity index (χ0) is 26.3. The number of hydrogen-bond donors (Lipinski definition) is 2. The van der Waals surface area contributed by atoms with Crippen LogP contribution in [-0.2, 0) is 17.5 Å². The van der Waals surface area contributed by atoms with Crippen LogP contribution in [0.3, 0.4) is 0 Å². The molecule has 0 saturated heterocycles. The first-order valence-electron chi connectivity index (χ1n) is 11.4. The summed E-state index contributed by atoms with van der Waals surface area (Å²) in [4.78, 5) is 29.6. The zero-order valence-corrected chi connectivity index (χ0v) is 19.5. The van der Waals surface area contributed by atoms with Crippen molar-refractivity contribution in [2.75, 3.05) is 6.54 Å². The second-order valence-corrected chi connectivity index (χ2v) is 8.07. The number of aromatic nitrogens is 2. The van der Waals surface area contributed by atoms with Gasteiger partial charge in [0, 0.05) is 42.7 Å². The molecule has 2 amide bonds. The molecule has 0 radical (unpaired) electrons. The third kappa shape index (κ3) is 6.97. The number of aryl methyl sites for hydroxylation is 1. The summed E-state index contributed by atoms with van der Waals surface area (Å²) in [5.41, 5.74) is -0.287. The Morgan fingerprint density at radius 1 is 1.03 bits per heavy atom. The van der Waals surface area contributed by atoms with Crippen molar-refractivity contribution in [1.82, 2.24) is 20.2 Å². The van der Waals surface area contributed by atoms with Crippen molar-refractivity contribution >= 4 is 17.9 Å². The quantitative estimate of drug-likeness (QED) is 0.242. The minimum absolute atomic E-state index is 0.0681. The smallest absolute Gasteiger partial charge is 0.416 e. The second kappa shape index (κ2) is 11.4. The predicted molar refractivity (Wildman–Crippen MR) is 131 cm³/mol. The van der Waals surface area contributed by atoms with Crippen molar-refractivity contribution in [2.24, 2.45) is 0 Å². The fraction of sp³-hybridized carbons (Fsp3) is 0.148. The van der Waals surface area contributed by atoms with E-state index >= 15 is 0 Å². The van der Waals surface area contributed by atoms with E-state index in [1.165, 1.54) is 30.3 Å². The summed E-state index contributed by atoms with van der Waals surface area (Å²) in [5, 5.41) is 5.36. The summed E-state index contributed by atoms with van der Waals surface area (Å²) in [6.45, 7) is 0.984. The number of imidazole rings is 1. The number of nitrogens with zero attached hydrogens (tertiary/aromatic N) is 2. The molecule has 190 valence electrons. The van der Waals surface area contributed by atoms with E-state index in [0.717, 1.165) is 12.1 Å². The molecular weight excluding hydrogens is 485 g/mol. The summed E-state index contributed by atoms with van der Waals surface area (Å²) in [5.74, 6) is -0.659. The average molecular weight is 509 g/mol. The highest BCUT2D eigenvalue weighted by atomic mass is 19.4. The van der Waals surface area contributed by atoms with Crippen LogP contribution in [0, 0.1) is 0 Å². The highest BCUT2D eigenvalue weighted by molar-refractivity contribution is 6.05. The molecule has 2 aromatic carbocycles. The van der Waals surface area contributed by atoms with Crippen LogP contribution < -0.4 is 10.6 Å². The van der Waals surface area contributed by atoms with Gasteiger partial charge >= 0.3 is 6.18 Å². The number of benzene rings is 2. The number of alkyl halides is 3. The monoisotopic (exact) mass is 508 g/mol. The largest absolute Gasteiger partial charge is 0.457 e. The van der Waals surface area contributed by atoms with Gasteiger partial charge in [-0.1, -0.05) is 30.3 Å².